The molecule has 0 aliphatic carbocycles. The summed E-state index contributed by atoms with van der Waals surface area (Å²) in [5.74, 6) is -0.0821. The average Bonchev–Trinajstić information content (AvgIpc) is 2.29. The van der Waals surface area contributed by atoms with Gasteiger partial charge in [0.2, 0.25) is 0 Å². The maximum Gasteiger partial charge on any atom is 0.138 e. The Morgan fingerprint density at radius 3 is 2.44 bits per heavy atom. The minimum Gasteiger partial charge on any atom is -0.299 e. The molecule has 0 saturated carbocycles. The van der Waals surface area contributed by atoms with Gasteiger partial charge in [0.25, 0.3) is 0 Å². The third-order valence-corrected chi connectivity index (χ3v) is 2.92. The fraction of sp³-hybridized carbons (Fsp3) is 0.308. The highest BCUT2D eigenvalue weighted by molar-refractivity contribution is 5.92. The molecule has 1 aromatic carbocycles. The second kappa shape index (κ2) is 4.00. The van der Waals surface area contributed by atoms with Crippen LogP contribution in [0.2, 0.25) is 0 Å². The molecule has 0 amide bonds. The molecule has 1 unspecified atom stereocenters. The van der Waals surface area contributed by atoms with Gasteiger partial charge in [0.15, 0.2) is 0 Å². The highest BCUT2D eigenvalue weighted by Crippen LogP contribution is 2.24. The Balaban J connectivity index is 2.72. The molecule has 0 aliphatic rings. The molecular weight excluding hydrogens is 200 g/mol. The van der Waals surface area contributed by atoms with Crippen LogP contribution in [0.5, 0.6) is 0 Å². The molecule has 82 valence electrons. The van der Waals surface area contributed by atoms with E-state index in [4.69, 9.17) is 0 Å². The lowest BCUT2D eigenvalue weighted by Gasteiger charge is -2.10. The van der Waals surface area contributed by atoms with Gasteiger partial charge in [-0.05, 0) is 20.8 Å². The van der Waals surface area contributed by atoms with Crippen LogP contribution in [0.3, 0.4) is 0 Å². The molecule has 0 radical (unpaired) electrons. The minimum atomic E-state index is -0.196. The molecule has 0 bridgehead atoms. The summed E-state index contributed by atoms with van der Waals surface area (Å²) >= 11 is 0. The maximum absolute atomic E-state index is 11.4. The van der Waals surface area contributed by atoms with Crippen molar-refractivity contribution in [2.24, 2.45) is 0 Å². The molecule has 0 N–H and O–H groups in total. The van der Waals surface area contributed by atoms with Gasteiger partial charge in [-0.15, -0.1) is 0 Å². The van der Waals surface area contributed by atoms with Gasteiger partial charge in [-0.3, -0.25) is 4.79 Å². The van der Waals surface area contributed by atoms with Crippen LogP contribution in [0.15, 0.2) is 24.3 Å². The predicted octanol–water partition coefficient (Wildman–Crippen LogP) is 2.63. The number of Topliss-reactive ketones (excluding diaryl/α,β-unsaturated/α-hetero) is 1. The number of aromatic nitrogens is 2. The molecule has 1 atom stereocenters. The fourth-order valence-electron chi connectivity index (χ4n) is 1.77. The Morgan fingerprint density at radius 2 is 1.81 bits per heavy atom. The van der Waals surface area contributed by atoms with Crippen molar-refractivity contribution >= 4 is 16.6 Å². The standard InChI is InChI=1S/C13H14N2O/c1-8(10(3)16)13-12-7-5-4-6-11(12)9(2)14-15-13/h4-8H,1-3H3. The molecule has 16 heavy (non-hydrogen) atoms. The summed E-state index contributed by atoms with van der Waals surface area (Å²) < 4.78 is 0. The molecule has 3 heteroatoms. The Bertz CT molecular complexity index is 549. The number of benzene rings is 1. The van der Waals surface area contributed by atoms with E-state index in [1.54, 1.807) is 6.92 Å². The normalized spacial score (nSPS) is 12.7. The number of hydrogen-bond acceptors (Lipinski definition) is 3. The van der Waals surface area contributed by atoms with E-state index in [0.29, 0.717) is 0 Å². The lowest BCUT2D eigenvalue weighted by Crippen LogP contribution is -2.09. The zero-order valence-corrected chi connectivity index (χ0v) is 9.69. The predicted molar refractivity (Wildman–Crippen MR) is 63.4 cm³/mol. The zero-order valence-electron chi connectivity index (χ0n) is 9.69. The van der Waals surface area contributed by atoms with Crippen molar-refractivity contribution < 1.29 is 4.79 Å². The van der Waals surface area contributed by atoms with Crippen LogP contribution in [-0.4, -0.2) is 16.0 Å². The van der Waals surface area contributed by atoms with Crippen LogP contribution >= 0.6 is 0 Å². The van der Waals surface area contributed by atoms with Gasteiger partial charge in [-0.1, -0.05) is 24.3 Å². The Labute approximate surface area is 94.5 Å². The van der Waals surface area contributed by atoms with E-state index < -0.39 is 0 Å². The number of hydrogen-bond donors (Lipinski definition) is 0. The number of carbonyl (C=O) groups excluding carboxylic acids is 1. The summed E-state index contributed by atoms with van der Waals surface area (Å²) in [5, 5.41) is 10.4. The Morgan fingerprint density at radius 1 is 1.19 bits per heavy atom. The molecule has 0 fully saturated rings. The van der Waals surface area contributed by atoms with Gasteiger partial charge in [-0.25, -0.2) is 0 Å². The third kappa shape index (κ3) is 1.69. The summed E-state index contributed by atoms with van der Waals surface area (Å²) in [5.41, 5.74) is 1.67. The number of rotatable bonds is 2. The maximum atomic E-state index is 11.4. The van der Waals surface area contributed by atoms with Crippen molar-refractivity contribution in [3.8, 4) is 0 Å². The van der Waals surface area contributed by atoms with Crippen LogP contribution in [-0.2, 0) is 4.79 Å². The van der Waals surface area contributed by atoms with Gasteiger partial charge in [0.1, 0.15) is 5.78 Å². The van der Waals surface area contributed by atoms with E-state index in [1.807, 2.05) is 38.1 Å². The number of nitrogens with zero attached hydrogens (tertiary/aromatic N) is 2. The van der Waals surface area contributed by atoms with Crippen LogP contribution in [0.4, 0.5) is 0 Å². The molecular formula is C13H14N2O. The van der Waals surface area contributed by atoms with Crippen molar-refractivity contribution in [1.29, 1.82) is 0 Å². The molecule has 1 aromatic heterocycles. The lowest BCUT2D eigenvalue weighted by atomic mass is 9.98. The Kier molecular flexibility index (Phi) is 2.69. The molecule has 3 nitrogen and oxygen atoms in total. The van der Waals surface area contributed by atoms with E-state index in [0.717, 1.165) is 22.2 Å². The van der Waals surface area contributed by atoms with E-state index in [-0.39, 0.29) is 11.7 Å². The van der Waals surface area contributed by atoms with Crippen LogP contribution in [0.1, 0.15) is 31.2 Å². The first-order valence-electron chi connectivity index (χ1n) is 5.33. The van der Waals surface area contributed by atoms with Crippen LogP contribution in [0, 0.1) is 6.92 Å². The smallest absolute Gasteiger partial charge is 0.138 e. The van der Waals surface area contributed by atoms with Gasteiger partial charge < -0.3 is 0 Å². The van der Waals surface area contributed by atoms with E-state index in [9.17, 15) is 4.79 Å². The van der Waals surface area contributed by atoms with Crippen LogP contribution < -0.4 is 0 Å². The minimum absolute atomic E-state index is 0.114. The highest BCUT2D eigenvalue weighted by atomic mass is 16.1. The summed E-state index contributed by atoms with van der Waals surface area (Å²) in [6.07, 6.45) is 0. The summed E-state index contributed by atoms with van der Waals surface area (Å²) in [7, 11) is 0. The van der Waals surface area contributed by atoms with Crippen molar-refractivity contribution in [1.82, 2.24) is 10.2 Å². The molecule has 0 saturated heterocycles. The molecule has 2 rings (SSSR count). The second-order valence-electron chi connectivity index (χ2n) is 4.05. The van der Waals surface area contributed by atoms with Crippen molar-refractivity contribution in [2.75, 3.05) is 0 Å². The van der Waals surface area contributed by atoms with Crippen molar-refractivity contribution in [2.45, 2.75) is 26.7 Å². The second-order valence-corrected chi connectivity index (χ2v) is 4.05. The van der Waals surface area contributed by atoms with Gasteiger partial charge >= 0.3 is 0 Å². The molecule has 2 aromatic rings. The zero-order chi connectivity index (χ0) is 11.7. The van der Waals surface area contributed by atoms with Crippen molar-refractivity contribution in [3.05, 3.63) is 35.7 Å². The van der Waals surface area contributed by atoms with Gasteiger partial charge in [0, 0.05) is 10.8 Å². The number of carbonyl (C=O) groups is 1. The molecule has 0 aliphatic heterocycles. The Hall–Kier alpha value is -1.77. The number of fused-ring (bicyclic) bond motifs is 1. The lowest BCUT2D eigenvalue weighted by molar-refractivity contribution is -0.118. The summed E-state index contributed by atoms with van der Waals surface area (Å²) in [6, 6.07) is 7.93. The quantitative estimate of drug-likeness (QED) is 0.771. The van der Waals surface area contributed by atoms with Crippen LogP contribution in [0.25, 0.3) is 10.8 Å². The summed E-state index contributed by atoms with van der Waals surface area (Å²) in [6.45, 7) is 5.38. The largest absolute Gasteiger partial charge is 0.299 e. The summed E-state index contributed by atoms with van der Waals surface area (Å²) in [4.78, 5) is 11.4. The SMILES string of the molecule is CC(=O)C(C)c1nnc(C)c2ccccc12. The van der Waals surface area contributed by atoms with Crippen molar-refractivity contribution in [3.63, 3.8) is 0 Å². The highest BCUT2D eigenvalue weighted by Gasteiger charge is 2.16. The monoisotopic (exact) mass is 214 g/mol. The third-order valence-electron chi connectivity index (χ3n) is 2.92. The number of aryl methyl sites for hydroxylation is 1. The first-order valence-corrected chi connectivity index (χ1v) is 5.33. The fourth-order valence-corrected chi connectivity index (χ4v) is 1.77. The van der Waals surface area contributed by atoms with E-state index in [1.165, 1.54) is 0 Å². The molecule has 0 spiro atoms. The van der Waals surface area contributed by atoms with Gasteiger partial charge in [0.05, 0.1) is 17.3 Å². The van der Waals surface area contributed by atoms with Gasteiger partial charge in [-0.2, -0.15) is 10.2 Å². The topological polar surface area (TPSA) is 42.9 Å². The first-order chi connectivity index (χ1) is 7.61. The van der Waals surface area contributed by atoms with E-state index in [2.05, 4.69) is 10.2 Å². The average molecular weight is 214 g/mol. The van der Waals surface area contributed by atoms with E-state index >= 15 is 0 Å². The molecule has 1 heterocycles. The first kappa shape index (κ1) is 10.7. The number of ketones is 1.